The van der Waals surface area contributed by atoms with Crippen LogP contribution in [0.2, 0.25) is 5.02 Å². The lowest BCUT2D eigenvalue weighted by molar-refractivity contribution is 0.627. The van der Waals surface area contributed by atoms with Crippen molar-refractivity contribution in [3.63, 3.8) is 0 Å². The van der Waals surface area contributed by atoms with Gasteiger partial charge in [0.05, 0.1) is 9.85 Å². The molecule has 0 fully saturated rings. The first kappa shape index (κ1) is 15.5. The van der Waals surface area contributed by atoms with Gasteiger partial charge in [-0.05, 0) is 47.2 Å². The molecule has 0 aliphatic carbocycles. The van der Waals surface area contributed by atoms with Crippen LogP contribution in [0.1, 0.15) is 40.9 Å². The highest BCUT2D eigenvalue weighted by Crippen LogP contribution is 2.35. The SMILES string of the molecule is CCc1ccc(CC)c(C(Br)c2ccc(F)c(Cl)c2)c1. The maximum Gasteiger partial charge on any atom is 0.141 e. The van der Waals surface area contributed by atoms with Crippen molar-refractivity contribution in [1.82, 2.24) is 0 Å². The zero-order chi connectivity index (χ0) is 14.7. The van der Waals surface area contributed by atoms with E-state index in [9.17, 15) is 4.39 Å². The Bertz CT molecular complexity index is 610. The van der Waals surface area contributed by atoms with Crippen LogP contribution in [0.4, 0.5) is 4.39 Å². The molecule has 0 amide bonds. The summed E-state index contributed by atoms with van der Waals surface area (Å²) in [6, 6.07) is 11.4. The quantitative estimate of drug-likeness (QED) is 0.582. The van der Waals surface area contributed by atoms with E-state index in [-0.39, 0.29) is 15.7 Å². The normalized spacial score (nSPS) is 12.4. The molecule has 1 unspecified atom stereocenters. The Balaban J connectivity index is 2.45. The van der Waals surface area contributed by atoms with E-state index in [0.29, 0.717) is 0 Å². The topological polar surface area (TPSA) is 0 Å². The first-order valence-electron chi connectivity index (χ1n) is 6.77. The smallest absolute Gasteiger partial charge is 0.141 e. The molecule has 2 aromatic carbocycles. The van der Waals surface area contributed by atoms with Crippen molar-refractivity contribution in [3.8, 4) is 0 Å². The average Bonchev–Trinajstić information content (AvgIpc) is 2.48. The summed E-state index contributed by atoms with van der Waals surface area (Å²) in [6.07, 6.45) is 1.97. The predicted octanol–water partition coefficient (Wildman–Crippen LogP) is 6.09. The Morgan fingerprint density at radius 3 is 2.45 bits per heavy atom. The number of benzene rings is 2. The molecular weight excluding hydrogens is 339 g/mol. The fourth-order valence-electron chi connectivity index (χ4n) is 2.27. The number of hydrogen-bond donors (Lipinski definition) is 0. The van der Waals surface area contributed by atoms with Gasteiger partial charge in [-0.1, -0.05) is 65.6 Å². The van der Waals surface area contributed by atoms with Crippen molar-refractivity contribution in [2.75, 3.05) is 0 Å². The lowest BCUT2D eigenvalue weighted by Gasteiger charge is -2.16. The fourth-order valence-corrected chi connectivity index (χ4v) is 3.17. The van der Waals surface area contributed by atoms with Crippen LogP contribution in [0.25, 0.3) is 0 Å². The van der Waals surface area contributed by atoms with Gasteiger partial charge in [0.2, 0.25) is 0 Å². The summed E-state index contributed by atoms with van der Waals surface area (Å²) in [4.78, 5) is 0.0297. The van der Waals surface area contributed by atoms with E-state index in [1.54, 1.807) is 12.1 Å². The van der Waals surface area contributed by atoms with Gasteiger partial charge in [-0.25, -0.2) is 4.39 Å². The molecule has 0 radical (unpaired) electrons. The van der Waals surface area contributed by atoms with Crippen molar-refractivity contribution in [1.29, 1.82) is 0 Å². The van der Waals surface area contributed by atoms with E-state index < -0.39 is 0 Å². The second-order valence-electron chi connectivity index (χ2n) is 4.78. The highest BCUT2D eigenvalue weighted by Gasteiger charge is 2.15. The van der Waals surface area contributed by atoms with Crippen LogP contribution in [0, 0.1) is 5.82 Å². The Morgan fingerprint density at radius 1 is 1.10 bits per heavy atom. The van der Waals surface area contributed by atoms with Crippen LogP contribution >= 0.6 is 27.5 Å². The highest BCUT2D eigenvalue weighted by atomic mass is 79.9. The van der Waals surface area contributed by atoms with E-state index in [1.807, 2.05) is 0 Å². The highest BCUT2D eigenvalue weighted by molar-refractivity contribution is 9.09. The summed E-state index contributed by atoms with van der Waals surface area (Å²) in [6.45, 7) is 4.28. The molecule has 0 aliphatic rings. The first-order valence-corrected chi connectivity index (χ1v) is 8.06. The predicted molar refractivity (Wildman–Crippen MR) is 87.4 cm³/mol. The third-order valence-electron chi connectivity index (χ3n) is 3.51. The Kier molecular flexibility index (Phi) is 5.22. The lowest BCUT2D eigenvalue weighted by atomic mass is 9.95. The molecule has 0 saturated carbocycles. The molecule has 0 bridgehead atoms. The molecule has 2 rings (SSSR count). The van der Waals surface area contributed by atoms with Crippen molar-refractivity contribution in [2.45, 2.75) is 31.5 Å². The van der Waals surface area contributed by atoms with E-state index in [1.165, 1.54) is 22.8 Å². The monoisotopic (exact) mass is 354 g/mol. The van der Waals surface area contributed by atoms with Gasteiger partial charge in [0, 0.05) is 0 Å². The van der Waals surface area contributed by atoms with Crippen LogP contribution in [-0.2, 0) is 12.8 Å². The lowest BCUT2D eigenvalue weighted by Crippen LogP contribution is -2.00. The molecule has 0 nitrogen and oxygen atoms in total. The van der Waals surface area contributed by atoms with E-state index in [4.69, 9.17) is 11.6 Å². The third kappa shape index (κ3) is 3.24. The van der Waals surface area contributed by atoms with Crippen LogP contribution in [-0.4, -0.2) is 0 Å². The largest absolute Gasteiger partial charge is 0.205 e. The summed E-state index contributed by atoms with van der Waals surface area (Å²) in [5.41, 5.74) is 4.80. The van der Waals surface area contributed by atoms with Crippen LogP contribution < -0.4 is 0 Å². The molecule has 0 N–H and O–H groups in total. The van der Waals surface area contributed by atoms with E-state index in [2.05, 4.69) is 48.0 Å². The third-order valence-corrected chi connectivity index (χ3v) is 4.82. The summed E-state index contributed by atoms with van der Waals surface area (Å²) in [5, 5.41) is 0.164. The van der Waals surface area contributed by atoms with E-state index in [0.717, 1.165) is 18.4 Å². The van der Waals surface area contributed by atoms with Crippen molar-refractivity contribution in [2.24, 2.45) is 0 Å². The molecule has 2 aromatic rings. The fraction of sp³-hybridized carbons (Fsp3) is 0.294. The Morgan fingerprint density at radius 2 is 1.85 bits per heavy atom. The standard InChI is InChI=1S/C17H17BrClF/c1-3-11-5-6-12(4-2)14(9-11)17(18)13-7-8-16(20)15(19)10-13/h5-10,17H,3-4H2,1-2H3. The van der Waals surface area contributed by atoms with Gasteiger partial charge in [-0.2, -0.15) is 0 Å². The second kappa shape index (κ2) is 6.73. The zero-order valence-electron chi connectivity index (χ0n) is 11.6. The van der Waals surface area contributed by atoms with Gasteiger partial charge in [0.25, 0.3) is 0 Å². The maximum atomic E-state index is 13.3. The summed E-state index contributed by atoms with van der Waals surface area (Å²) in [5.74, 6) is -0.381. The summed E-state index contributed by atoms with van der Waals surface area (Å²) >= 11 is 9.61. The number of hydrogen-bond acceptors (Lipinski definition) is 0. The van der Waals surface area contributed by atoms with Gasteiger partial charge < -0.3 is 0 Å². The van der Waals surface area contributed by atoms with E-state index >= 15 is 0 Å². The van der Waals surface area contributed by atoms with Gasteiger partial charge in [-0.3, -0.25) is 0 Å². The molecule has 0 heterocycles. The molecular formula is C17H17BrClF. The molecule has 1 atom stereocenters. The number of aryl methyl sites for hydroxylation is 2. The Labute approximate surface area is 133 Å². The van der Waals surface area contributed by atoms with Gasteiger partial charge in [0.15, 0.2) is 0 Å². The number of alkyl halides is 1. The molecule has 0 spiro atoms. The molecule has 0 aliphatic heterocycles. The molecule has 0 saturated heterocycles. The van der Waals surface area contributed by atoms with Crippen molar-refractivity contribution >= 4 is 27.5 Å². The number of halogens is 3. The molecule has 20 heavy (non-hydrogen) atoms. The average molecular weight is 356 g/mol. The van der Waals surface area contributed by atoms with Crippen molar-refractivity contribution < 1.29 is 4.39 Å². The molecule has 3 heteroatoms. The molecule has 106 valence electrons. The minimum absolute atomic E-state index is 0.0297. The van der Waals surface area contributed by atoms with Crippen LogP contribution in [0.15, 0.2) is 36.4 Å². The number of rotatable bonds is 4. The van der Waals surface area contributed by atoms with Gasteiger partial charge in [0.1, 0.15) is 5.82 Å². The Hall–Kier alpha value is -0.860. The van der Waals surface area contributed by atoms with Gasteiger partial charge in [-0.15, -0.1) is 0 Å². The van der Waals surface area contributed by atoms with Crippen LogP contribution in [0.5, 0.6) is 0 Å². The second-order valence-corrected chi connectivity index (χ2v) is 6.10. The maximum absolute atomic E-state index is 13.3. The molecule has 0 aromatic heterocycles. The first-order chi connectivity index (χ1) is 9.56. The minimum Gasteiger partial charge on any atom is -0.205 e. The zero-order valence-corrected chi connectivity index (χ0v) is 13.9. The summed E-state index contributed by atoms with van der Waals surface area (Å²) in [7, 11) is 0. The summed E-state index contributed by atoms with van der Waals surface area (Å²) < 4.78 is 13.3. The van der Waals surface area contributed by atoms with Crippen LogP contribution in [0.3, 0.4) is 0 Å². The van der Waals surface area contributed by atoms with Gasteiger partial charge >= 0.3 is 0 Å². The minimum atomic E-state index is -0.381. The van der Waals surface area contributed by atoms with Crippen molar-refractivity contribution in [3.05, 3.63) is 69.5 Å².